The maximum absolute atomic E-state index is 14.2. The summed E-state index contributed by atoms with van der Waals surface area (Å²) in [4.78, 5) is 44.8. The van der Waals surface area contributed by atoms with Gasteiger partial charge in [-0.1, -0.05) is 37.2 Å². The van der Waals surface area contributed by atoms with E-state index in [1.807, 2.05) is 53.6 Å². The number of ether oxygens (including phenoxy) is 1. The van der Waals surface area contributed by atoms with Gasteiger partial charge in [0.25, 0.3) is 5.91 Å². The zero-order chi connectivity index (χ0) is 28.7. The van der Waals surface area contributed by atoms with Gasteiger partial charge in [-0.25, -0.2) is 0 Å². The molecule has 2 aromatic carbocycles. The first-order chi connectivity index (χ1) is 19.2. The van der Waals surface area contributed by atoms with Crippen molar-refractivity contribution in [2.75, 3.05) is 33.8 Å². The Morgan fingerprint density at radius 3 is 2.62 bits per heavy atom. The average Bonchev–Trinajstić information content (AvgIpc) is 3.23. The predicted octanol–water partition coefficient (Wildman–Crippen LogP) is 4.23. The molecule has 1 aromatic heterocycles. The van der Waals surface area contributed by atoms with Gasteiger partial charge in [-0.05, 0) is 55.2 Å². The quantitative estimate of drug-likeness (QED) is 0.404. The molecule has 3 aromatic rings. The van der Waals surface area contributed by atoms with E-state index in [4.69, 9.17) is 16.3 Å². The zero-order valence-electron chi connectivity index (χ0n) is 23.5. The number of nitrogens with zero attached hydrogens (tertiary/aromatic N) is 4. The normalized spacial score (nSPS) is 15.0. The lowest BCUT2D eigenvalue weighted by atomic mass is 9.97. The standard InChI is InChI=1S/C31H35ClN4O4/c1-6-25-29(31(39)34-12-11-23-20(15-34)9-8-10-26(23)40-5)24-14-21(32)13-19(3)30(24)36(25)18-28(38)33(4)22-16-35(17-22)27(37)7-2/h7-10,13-14,22H,2,6,11-12,15-18H2,1,3-5H3. The van der Waals surface area contributed by atoms with Crippen molar-refractivity contribution in [3.63, 3.8) is 0 Å². The van der Waals surface area contributed by atoms with E-state index in [-0.39, 0.29) is 30.3 Å². The second kappa shape index (κ2) is 11.0. The molecule has 0 unspecified atom stereocenters. The summed E-state index contributed by atoms with van der Waals surface area (Å²) in [7, 11) is 3.44. The summed E-state index contributed by atoms with van der Waals surface area (Å²) in [5.74, 6) is 0.587. The van der Waals surface area contributed by atoms with Crippen molar-refractivity contribution in [1.29, 1.82) is 0 Å². The largest absolute Gasteiger partial charge is 0.496 e. The van der Waals surface area contributed by atoms with Gasteiger partial charge in [0, 0.05) is 54.9 Å². The van der Waals surface area contributed by atoms with Crippen LogP contribution in [0.25, 0.3) is 10.9 Å². The minimum absolute atomic E-state index is 0.0506. The molecule has 0 atom stereocenters. The van der Waals surface area contributed by atoms with Gasteiger partial charge < -0.3 is 24.0 Å². The van der Waals surface area contributed by atoms with Crippen molar-refractivity contribution in [1.82, 2.24) is 19.3 Å². The molecular weight excluding hydrogens is 528 g/mol. The molecule has 5 rings (SSSR count). The summed E-state index contributed by atoms with van der Waals surface area (Å²) in [5.41, 5.74) is 5.41. The van der Waals surface area contributed by atoms with Crippen LogP contribution in [-0.4, -0.2) is 76.8 Å². The molecular formula is C31H35ClN4O4. The number of aryl methyl sites for hydroxylation is 1. The van der Waals surface area contributed by atoms with Crippen LogP contribution in [-0.2, 0) is 35.5 Å². The molecule has 0 bridgehead atoms. The number of carbonyl (C=O) groups is 3. The van der Waals surface area contributed by atoms with Crippen molar-refractivity contribution in [2.24, 2.45) is 0 Å². The van der Waals surface area contributed by atoms with E-state index in [0.29, 0.717) is 49.6 Å². The fourth-order valence-corrected chi connectivity index (χ4v) is 6.32. The highest BCUT2D eigenvalue weighted by Crippen LogP contribution is 2.35. The SMILES string of the molecule is C=CC(=O)N1CC(N(C)C(=O)Cn2c(CC)c(C(=O)N3CCc4c(cccc4OC)C3)c3cc(Cl)cc(C)c32)C1. The lowest BCUT2D eigenvalue weighted by molar-refractivity contribution is -0.142. The van der Waals surface area contributed by atoms with Crippen LogP contribution in [0.1, 0.15) is 39.7 Å². The molecule has 0 aliphatic carbocycles. The first kappa shape index (κ1) is 27.8. The number of hydrogen-bond acceptors (Lipinski definition) is 4. The highest BCUT2D eigenvalue weighted by atomic mass is 35.5. The highest BCUT2D eigenvalue weighted by Gasteiger charge is 2.35. The molecule has 3 amide bonds. The minimum Gasteiger partial charge on any atom is -0.496 e. The topological polar surface area (TPSA) is 75.1 Å². The summed E-state index contributed by atoms with van der Waals surface area (Å²) < 4.78 is 7.53. The van der Waals surface area contributed by atoms with E-state index >= 15 is 0 Å². The Morgan fingerprint density at radius 2 is 1.95 bits per heavy atom. The molecule has 0 N–H and O–H groups in total. The Morgan fingerprint density at radius 1 is 1.20 bits per heavy atom. The number of likely N-dealkylation sites (N-methyl/N-ethyl adjacent to an activating group) is 1. The fourth-order valence-electron chi connectivity index (χ4n) is 6.05. The van der Waals surface area contributed by atoms with E-state index < -0.39 is 0 Å². The van der Waals surface area contributed by atoms with Crippen LogP contribution in [0.5, 0.6) is 5.75 Å². The van der Waals surface area contributed by atoms with E-state index in [2.05, 4.69) is 6.58 Å². The van der Waals surface area contributed by atoms with E-state index in [1.165, 1.54) is 6.08 Å². The highest BCUT2D eigenvalue weighted by molar-refractivity contribution is 6.31. The van der Waals surface area contributed by atoms with Gasteiger partial charge in [-0.15, -0.1) is 0 Å². The smallest absolute Gasteiger partial charge is 0.256 e. The molecule has 1 saturated heterocycles. The Bertz CT molecular complexity index is 1520. The second-order valence-electron chi connectivity index (χ2n) is 10.6. The van der Waals surface area contributed by atoms with Crippen LogP contribution in [0, 0.1) is 6.92 Å². The van der Waals surface area contributed by atoms with Gasteiger partial charge in [0.05, 0.1) is 24.2 Å². The number of benzene rings is 2. The number of amides is 3. The minimum atomic E-state index is -0.129. The summed E-state index contributed by atoms with van der Waals surface area (Å²) in [6.07, 6.45) is 2.58. The van der Waals surface area contributed by atoms with Crippen molar-refractivity contribution in [3.8, 4) is 5.75 Å². The first-order valence-corrected chi connectivity index (χ1v) is 14.0. The number of carbonyl (C=O) groups excluding carboxylic acids is 3. The maximum Gasteiger partial charge on any atom is 0.256 e. The molecule has 8 nitrogen and oxygen atoms in total. The first-order valence-electron chi connectivity index (χ1n) is 13.6. The van der Waals surface area contributed by atoms with E-state index in [1.54, 1.807) is 24.0 Å². The molecule has 0 spiro atoms. The molecule has 2 aliphatic heterocycles. The van der Waals surface area contributed by atoms with Gasteiger partial charge >= 0.3 is 0 Å². The molecule has 0 radical (unpaired) electrons. The third-order valence-corrected chi connectivity index (χ3v) is 8.50. The Hall–Kier alpha value is -3.78. The lowest BCUT2D eigenvalue weighted by Gasteiger charge is -2.43. The van der Waals surface area contributed by atoms with Gasteiger partial charge in [0.1, 0.15) is 12.3 Å². The summed E-state index contributed by atoms with van der Waals surface area (Å²) in [6, 6.07) is 9.61. The number of rotatable bonds is 7. The molecule has 3 heterocycles. The average molecular weight is 563 g/mol. The number of hydrogen-bond donors (Lipinski definition) is 0. The van der Waals surface area contributed by atoms with Gasteiger partial charge in [-0.2, -0.15) is 0 Å². The third kappa shape index (κ3) is 4.74. The number of methoxy groups -OCH3 is 1. The van der Waals surface area contributed by atoms with Crippen LogP contribution < -0.4 is 4.74 Å². The van der Waals surface area contributed by atoms with Crippen molar-refractivity contribution in [2.45, 2.75) is 45.8 Å². The summed E-state index contributed by atoms with van der Waals surface area (Å²) in [5, 5.41) is 1.32. The molecule has 40 heavy (non-hydrogen) atoms. The van der Waals surface area contributed by atoms with Crippen LogP contribution in [0.15, 0.2) is 43.0 Å². The van der Waals surface area contributed by atoms with Crippen LogP contribution >= 0.6 is 11.6 Å². The van der Waals surface area contributed by atoms with E-state index in [0.717, 1.165) is 39.0 Å². The maximum atomic E-state index is 14.2. The number of aromatic nitrogens is 1. The molecule has 2 aliphatic rings. The van der Waals surface area contributed by atoms with Crippen LogP contribution in [0.4, 0.5) is 0 Å². The Labute approximate surface area is 239 Å². The summed E-state index contributed by atoms with van der Waals surface area (Å²) in [6.45, 7) is 9.63. The van der Waals surface area contributed by atoms with Gasteiger partial charge in [-0.3, -0.25) is 14.4 Å². The fraction of sp³-hybridized carbons (Fsp3) is 0.387. The van der Waals surface area contributed by atoms with Crippen LogP contribution in [0.2, 0.25) is 5.02 Å². The molecule has 0 saturated carbocycles. The third-order valence-electron chi connectivity index (χ3n) is 8.28. The van der Waals surface area contributed by atoms with Gasteiger partial charge in [0.15, 0.2) is 0 Å². The molecule has 210 valence electrons. The monoisotopic (exact) mass is 562 g/mol. The Kier molecular flexibility index (Phi) is 7.64. The number of fused-ring (bicyclic) bond motifs is 2. The molecule has 1 fully saturated rings. The van der Waals surface area contributed by atoms with Crippen LogP contribution in [0.3, 0.4) is 0 Å². The second-order valence-corrected chi connectivity index (χ2v) is 11.0. The lowest BCUT2D eigenvalue weighted by Crippen LogP contribution is -2.61. The van der Waals surface area contributed by atoms with E-state index in [9.17, 15) is 14.4 Å². The van der Waals surface area contributed by atoms with Crippen molar-refractivity contribution in [3.05, 3.63) is 76.0 Å². The zero-order valence-corrected chi connectivity index (χ0v) is 24.3. The number of likely N-dealkylation sites (tertiary alicyclic amines) is 1. The Balaban J connectivity index is 1.48. The van der Waals surface area contributed by atoms with Crippen molar-refractivity contribution < 1.29 is 19.1 Å². The predicted molar refractivity (Wildman–Crippen MR) is 156 cm³/mol. The van der Waals surface area contributed by atoms with Gasteiger partial charge in [0.2, 0.25) is 11.8 Å². The van der Waals surface area contributed by atoms with Crippen molar-refractivity contribution >= 4 is 40.2 Å². The summed E-state index contributed by atoms with van der Waals surface area (Å²) >= 11 is 6.50. The number of halogens is 1. The molecule has 9 heteroatoms.